The summed E-state index contributed by atoms with van der Waals surface area (Å²) in [7, 11) is 0. The number of hydrogen-bond acceptors (Lipinski definition) is 7. The third-order valence-electron chi connectivity index (χ3n) is 8.31. The molecule has 0 radical (unpaired) electrons. The average molecular weight is 489 g/mol. The summed E-state index contributed by atoms with van der Waals surface area (Å²) in [4.78, 5) is 31.7. The molecule has 3 aromatic rings. The van der Waals surface area contributed by atoms with Crippen LogP contribution < -0.4 is 15.5 Å². The SMILES string of the molecule is CC(C)N1CCN(c2ccc(Nc3ncc4cc5n(c4n3)C3(CCCCC3)CNC5=O)nc2)CC1C. The van der Waals surface area contributed by atoms with Crippen LogP contribution in [0.3, 0.4) is 0 Å². The van der Waals surface area contributed by atoms with E-state index in [1.807, 2.05) is 24.5 Å². The molecule has 1 atom stereocenters. The van der Waals surface area contributed by atoms with E-state index in [1.165, 1.54) is 19.3 Å². The highest BCUT2D eigenvalue weighted by Crippen LogP contribution is 2.40. The molecular formula is C27H36N8O. The van der Waals surface area contributed by atoms with Crippen molar-refractivity contribution in [1.29, 1.82) is 0 Å². The van der Waals surface area contributed by atoms with Gasteiger partial charge >= 0.3 is 0 Å². The molecule has 1 aliphatic carbocycles. The van der Waals surface area contributed by atoms with Gasteiger partial charge in [0, 0.05) is 49.8 Å². The lowest BCUT2D eigenvalue weighted by Gasteiger charge is -2.43. The van der Waals surface area contributed by atoms with Crippen LogP contribution in [-0.2, 0) is 5.54 Å². The average Bonchev–Trinajstić information content (AvgIpc) is 3.28. The van der Waals surface area contributed by atoms with E-state index in [1.54, 1.807) is 0 Å². The van der Waals surface area contributed by atoms with Crippen molar-refractivity contribution in [2.24, 2.45) is 0 Å². The summed E-state index contributed by atoms with van der Waals surface area (Å²) in [6.45, 7) is 10.6. The lowest BCUT2D eigenvalue weighted by molar-refractivity contribution is 0.0833. The maximum Gasteiger partial charge on any atom is 0.268 e. The fourth-order valence-electron chi connectivity index (χ4n) is 6.46. The van der Waals surface area contributed by atoms with Crippen LogP contribution in [0.1, 0.15) is 63.4 Å². The summed E-state index contributed by atoms with van der Waals surface area (Å²) in [5, 5.41) is 7.30. The Labute approximate surface area is 212 Å². The van der Waals surface area contributed by atoms with Gasteiger partial charge in [0.25, 0.3) is 5.91 Å². The Morgan fingerprint density at radius 1 is 1.11 bits per heavy atom. The second-order valence-corrected chi connectivity index (χ2v) is 11.0. The number of hydrogen-bond donors (Lipinski definition) is 2. The Bertz CT molecular complexity index is 1260. The Hall–Kier alpha value is -3.20. The lowest BCUT2D eigenvalue weighted by atomic mass is 9.80. The second kappa shape index (κ2) is 9.03. The van der Waals surface area contributed by atoms with E-state index in [9.17, 15) is 4.79 Å². The van der Waals surface area contributed by atoms with Crippen LogP contribution in [0.5, 0.6) is 0 Å². The topological polar surface area (TPSA) is 91.2 Å². The van der Waals surface area contributed by atoms with Gasteiger partial charge in [0.1, 0.15) is 17.2 Å². The molecule has 2 aliphatic heterocycles. The molecular weight excluding hydrogens is 452 g/mol. The number of nitrogens with zero attached hydrogens (tertiary/aromatic N) is 6. The molecule has 0 aromatic carbocycles. The van der Waals surface area contributed by atoms with Crippen molar-refractivity contribution >= 4 is 34.4 Å². The molecule has 1 unspecified atom stereocenters. The zero-order chi connectivity index (χ0) is 24.9. The van der Waals surface area contributed by atoms with Gasteiger partial charge in [-0.05, 0) is 51.8 Å². The van der Waals surface area contributed by atoms with E-state index in [4.69, 9.17) is 4.98 Å². The largest absolute Gasteiger partial charge is 0.367 e. The summed E-state index contributed by atoms with van der Waals surface area (Å²) in [5.74, 6) is 1.18. The molecule has 9 nitrogen and oxygen atoms in total. The van der Waals surface area contributed by atoms with Crippen LogP contribution in [-0.4, -0.2) is 68.6 Å². The molecule has 3 aromatic heterocycles. The van der Waals surface area contributed by atoms with Gasteiger partial charge in [-0.25, -0.2) is 9.97 Å². The molecule has 2 fully saturated rings. The monoisotopic (exact) mass is 488 g/mol. The van der Waals surface area contributed by atoms with Crippen LogP contribution >= 0.6 is 0 Å². The molecule has 1 amide bonds. The van der Waals surface area contributed by atoms with E-state index in [-0.39, 0.29) is 11.4 Å². The number of anilines is 3. The van der Waals surface area contributed by atoms with Crippen LogP contribution in [0.4, 0.5) is 17.5 Å². The molecule has 0 bridgehead atoms. The third-order valence-corrected chi connectivity index (χ3v) is 8.31. The highest BCUT2D eigenvalue weighted by Gasteiger charge is 2.41. The first-order chi connectivity index (χ1) is 17.4. The zero-order valence-corrected chi connectivity index (χ0v) is 21.5. The standard InChI is InChI=1S/C27H36N8O/c1-18(2)34-12-11-33(16-19(34)3)21-7-8-23(28-15-21)31-26-29-14-20-13-22-25(36)30-17-27(9-5-4-6-10-27)35(22)24(20)32-26/h7-8,13-15,18-19H,4-6,9-12,16-17H2,1-3H3,(H,30,36)(H,28,29,31,32). The fourth-order valence-corrected chi connectivity index (χ4v) is 6.46. The Balaban J connectivity index is 1.24. The molecule has 1 saturated heterocycles. The molecule has 1 spiro atoms. The summed E-state index contributed by atoms with van der Waals surface area (Å²) in [6, 6.07) is 7.12. The summed E-state index contributed by atoms with van der Waals surface area (Å²) in [6.07, 6.45) is 9.45. The highest BCUT2D eigenvalue weighted by atomic mass is 16.2. The maximum absolute atomic E-state index is 12.7. The zero-order valence-electron chi connectivity index (χ0n) is 21.5. The lowest BCUT2D eigenvalue weighted by Crippen LogP contribution is -2.54. The van der Waals surface area contributed by atoms with E-state index in [0.717, 1.165) is 49.2 Å². The van der Waals surface area contributed by atoms with Gasteiger partial charge in [0.15, 0.2) is 0 Å². The summed E-state index contributed by atoms with van der Waals surface area (Å²) >= 11 is 0. The maximum atomic E-state index is 12.7. The molecule has 190 valence electrons. The Morgan fingerprint density at radius 2 is 1.94 bits per heavy atom. The minimum Gasteiger partial charge on any atom is -0.367 e. The predicted molar refractivity (Wildman–Crippen MR) is 142 cm³/mol. The van der Waals surface area contributed by atoms with E-state index in [2.05, 4.69) is 61.8 Å². The molecule has 2 N–H and O–H groups in total. The number of pyridine rings is 1. The first-order valence-corrected chi connectivity index (χ1v) is 13.3. The van der Waals surface area contributed by atoms with Crippen LogP contribution in [0.25, 0.3) is 11.0 Å². The molecule has 9 heteroatoms. The van der Waals surface area contributed by atoms with Crippen molar-refractivity contribution in [3.8, 4) is 0 Å². The predicted octanol–water partition coefficient (Wildman–Crippen LogP) is 3.89. The fraction of sp³-hybridized carbons (Fsp3) is 0.556. The number of aromatic nitrogens is 4. The van der Waals surface area contributed by atoms with Crippen molar-refractivity contribution in [3.63, 3.8) is 0 Å². The molecule has 36 heavy (non-hydrogen) atoms. The van der Waals surface area contributed by atoms with Crippen molar-refractivity contribution in [2.75, 3.05) is 36.4 Å². The number of rotatable bonds is 4. The highest BCUT2D eigenvalue weighted by molar-refractivity contribution is 5.99. The van der Waals surface area contributed by atoms with Crippen molar-refractivity contribution < 1.29 is 4.79 Å². The van der Waals surface area contributed by atoms with Gasteiger partial charge in [0.2, 0.25) is 5.95 Å². The van der Waals surface area contributed by atoms with Gasteiger partial charge in [-0.3, -0.25) is 9.69 Å². The molecule has 6 rings (SSSR count). The Morgan fingerprint density at radius 3 is 2.67 bits per heavy atom. The minimum atomic E-state index is -0.0918. The molecule has 5 heterocycles. The first-order valence-electron chi connectivity index (χ1n) is 13.3. The number of nitrogens with one attached hydrogen (secondary N) is 2. The van der Waals surface area contributed by atoms with Gasteiger partial charge < -0.3 is 20.1 Å². The molecule has 3 aliphatic rings. The van der Waals surface area contributed by atoms with Crippen LogP contribution in [0.2, 0.25) is 0 Å². The first kappa shape index (κ1) is 23.2. The van der Waals surface area contributed by atoms with Gasteiger partial charge in [0.05, 0.1) is 17.4 Å². The molecule has 1 saturated carbocycles. The number of fused-ring (bicyclic) bond motifs is 4. The van der Waals surface area contributed by atoms with E-state index < -0.39 is 0 Å². The second-order valence-electron chi connectivity index (χ2n) is 11.0. The minimum absolute atomic E-state index is 0.0282. The van der Waals surface area contributed by atoms with Crippen LogP contribution in [0.15, 0.2) is 30.6 Å². The van der Waals surface area contributed by atoms with Crippen LogP contribution in [0, 0.1) is 0 Å². The van der Waals surface area contributed by atoms with E-state index in [0.29, 0.717) is 36.1 Å². The van der Waals surface area contributed by atoms with Gasteiger partial charge in [-0.2, -0.15) is 4.98 Å². The number of amides is 1. The van der Waals surface area contributed by atoms with Crippen molar-refractivity contribution in [3.05, 3.63) is 36.3 Å². The van der Waals surface area contributed by atoms with Crippen molar-refractivity contribution in [1.82, 2.24) is 29.7 Å². The summed E-state index contributed by atoms with van der Waals surface area (Å²) < 4.78 is 2.20. The van der Waals surface area contributed by atoms with Gasteiger partial charge in [-0.15, -0.1) is 0 Å². The smallest absolute Gasteiger partial charge is 0.268 e. The quantitative estimate of drug-likeness (QED) is 0.576. The van der Waals surface area contributed by atoms with Gasteiger partial charge in [-0.1, -0.05) is 19.3 Å². The Kier molecular flexibility index (Phi) is 5.82. The number of carbonyl (C=O) groups is 1. The number of piperazine rings is 1. The third kappa shape index (κ3) is 3.99. The van der Waals surface area contributed by atoms with Crippen molar-refractivity contribution in [2.45, 2.75) is 70.5 Å². The number of carbonyl (C=O) groups excluding carboxylic acids is 1. The summed E-state index contributed by atoms with van der Waals surface area (Å²) in [5.41, 5.74) is 2.57. The van der Waals surface area contributed by atoms with E-state index >= 15 is 0 Å². The normalized spacial score (nSPS) is 22.2.